The molecule has 0 spiro atoms. The van der Waals surface area contributed by atoms with Gasteiger partial charge in [0.2, 0.25) is 0 Å². The van der Waals surface area contributed by atoms with E-state index in [9.17, 15) is 9.59 Å². The fourth-order valence-electron chi connectivity index (χ4n) is 3.31. The van der Waals surface area contributed by atoms with E-state index in [0.717, 1.165) is 21.3 Å². The number of ether oxygens (including phenoxy) is 1. The van der Waals surface area contributed by atoms with Gasteiger partial charge in [-0.1, -0.05) is 24.3 Å². The number of rotatable bonds is 6. The maximum atomic E-state index is 12.7. The average Bonchev–Trinajstić information content (AvgIpc) is 2.93. The molecule has 1 heterocycles. The number of carbonyl (C=O) groups is 1. The number of benzene rings is 2. The van der Waals surface area contributed by atoms with Crippen LogP contribution in [0.15, 0.2) is 41.2 Å². The van der Waals surface area contributed by atoms with Crippen molar-refractivity contribution in [3.63, 3.8) is 0 Å². The Bertz CT molecular complexity index is 1050. The molecule has 1 atom stereocenters. The highest BCUT2D eigenvalue weighted by Gasteiger charge is 2.19. The third kappa shape index (κ3) is 4.28. The molecule has 0 saturated carbocycles. The minimum atomic E-state index is -0.587. The maximum absolute atomic E-state index is 12.7. The number of anilines is 1. The van der Waals surface area contributed by atoms with Crippen LogP contribution in [-0.4, -0.2) is 16.6 Å². The molecule has 1 aromatic heterocycles. The Morgan fingerprint density at radius 3 is 2.43 bits per heavy atom. The molecule has 3 rings (SSSR count). The van der Waals surface area contributed by atoms with Crippen molar-refractivity contribution in [1.29, 1.82) is 0 Å². The summed E-state index contributed by atoms with van der Waals surface area (Å²) >= 11 is 1.19. The van der Waals surface area contributed by atoms with Gasteiger partial charge in [0.25, 0.3) is 5.91 Å². The van der Waals surface area contributed by atoms with E-state index >= 15 is 0 Å². The van der Waals surface area contributed by atoms with E-state index < -0.39 is 6.10 Å². The average molecular weight is 399 g/mol. The van der Waals surface area contributed by atoms with Crippen molar-refractivity contribution in [2.75, 3.05) is 5.32 Å². The smallest absolute Gasteiger partial charge is 0.308 e. The van der Waals surface area contributed by atoms with Crippen molar-refractivity contribution in [3.8, 4) is 5.75 Å². The summed E-state index contributed by atoms with van der Waals surface area (Å²) in [6.45, 7) is 9.90. The van der Waals surface area contributed by atoms with Crippen molar-refractivity contribution in [2.24, 2.45) is 0 Å². The molecule has 0 unspecified atom stereocenters. The van der Waals surface area contributed by atoms with E-state index in [1.807, 2.05) is 65.0 Å². The number of aryl methyl sites for hydroxylation is 2. The van der Waals surface area contributed by atoms with Gasteiger partial charge >= 0.3 is 4.87 Å². The first kappa shape index (κ1) is 20.1. The maximum Gasteiger partial charge on any atom is 0.308 e. The summed E-state index contributed by atoms with van der Waals surface area (Å²) in [6.07, 6.45) is -0.0334. The van der Waals surface area contributed by atoms with Crippen LogP contribution < -0.4 is 14.9 Å². The lowest BCUT2D eigenvalue weighted by atomic mass is 10.1. The highest BCUT2D eigenvalue weighted by Crippen LogP contribution is 2.25. The summed E-state index contributed by atoms with van der Waals surface area (Å²) in [6, 6.07) is 11.6. The van der Waals surface area contributed by atoms with Gasteiger partial charge in [0.15, 0.2) is 6.10 Å². The van der Waals surface area contributed by atoms with Crippen molar-refractivity contribution in [1.82, 2.24) is 4.57 Å². The molecule has 28 heavy (non-hydrogen) atoms. The van der Waals surface area contributed by atoms with E-state index in [0.29, 0.717) is 17.9 Å². The first-order chi connectivity index (χ1) is 13.3. The number of nitrogens with zero attached hydrogens (tertiary/aromatic N) is 1. The second-order valence-electron chi connectivity index (χ2n) is 7.34. The van der Waals surface area contributed by atoms with Gasteiger partial charge in [-0.15, -0.1) is 0 Å². The van der Waals surface area contributed by atoms with Crippen LogP contribution in [0.25, 0.3) is 10.2 Å². The standard InChI is InChI=1S/C22H26N2O3S/c1-6-19(27-17-10-14(4)9-15(5)11-17)21(25)23-16-7-8-18-20(12-16)28-22(26)24(18)13(2)3/h7-13,19H,6H2,1-5H3,(H,23,25)/t19-/m0/s1. The Morgan fingerprint density at radius 1 is 1.14 bits per heavy atom. The molecule has 0 radical (unpaired) electrons. The second-order valence-corrected chi connectivity index (χ2v) is 8.33. The molecular weight excluding hydrogens is 372 g/mol. The molecular formula is C22H26N2O3S. The molecule has 0 saturated heterocycles. The highest BCUT2D eigenvalue weighted by molar-refractivity contribution is 7.16. The largest absolute Gasteiger partial charge is 0.481 e. The molecule has 5 nitrogen and oxygen atoms in total. The molecule has 6 heteroatoms. The lowest BCUT2D eigenvalue weighted by Gasteiger charge is -2.18. The quantitative estimate of drug-likeness (QED) is 0.631. The van der Waals surface area contributed by atoms with E-state index in [2.05, 4.69) is 11.4 Å². The summed E-state index contributed by atoms with van der Waals surface area (Å²) in [7, 11) is 0. The van der Waals surface area contributed by atoms with E-state index in [-0.39, 0.29) is 16.8 Å². The SMILES string of the molecule is CC[C@H](Oc1cc(C)cc(C)c1)C(=O)Nc1ccc2c(c1)sc(=O)n2C(C)C. The Labute approximate surface area is 169 Å². The summed E-state index contributed by atoms with van der Waals surface area (Å²) < 4.78 is 8.57. The molecule has 0 aliphatic carbocycles. The third-order valence-corrected chi connectivity index (χ3v) is 5.45. The lowest BCUT2D eigenvalue weighted by Crippen LogP contribution is -2.32. The third-order valence-electron chi connectivity index (χ3n) is 4.53. The van der Waals surface area contributed by atoms with Crippen LogP contribution in [0, 0.1) is 13.8 Å². The fraction of sp³-hybridized carbons (Fsp3) is 0.364. The van der Waals surface area contributed by atoms with Crippen LogP contribution in [-0.2, 0) is 4.79 Å². The van der Waals surface area contributed by atoms with Gasteiger partial charge in [0.05, 0.1) is 10.2 Å². The first-order valence-electron chi connectivity index (χ1n) is 9.49. The van der Waals surface area contributed by atoms with E-state index in [1.54, 1.807) is 4.57 Å². The number of hydrogen-bond donors (Lipinski definition) is 1. The predicted octanol–water partition coefficient (Wildman–Crippen LogP) is 5.06. The van der Waals surface area contributed by atoms with Crippen LogP contribution in [0.3, 0.4) is 0 Å². The molecule has 0 aliphatic rings. The number of aromatic nitrogens is 1. The Hall–Kier alpha value is -2.60. The summed E-state index contributed by atoms with van der Waals surface area (Å²) in [5.74, 6) is 0.499. The Morgan fingerprint density at radius 2 is 1.82 bits per heavy atom. The normalized spacial score (nSPS) is 12.4. The van der Waals surface area contributed by atoms with Crippen LogP contribution in [0.2, 0.25) is 0 Å². The van der Waals surface area contributed by atoms with Gasteiger partial charge < -0.3 is 10.1 Å². The van der Waals surface area contributed by atoms with Crippen molar-refractivity contribution >= 4 is 33.1 Å². The van der Waals surface area contributed by atoms with E-state index in [1.165, 1.54) is 11.3 Å². The zero-order chi connectivity index (χ0) is 20.4. The zero-order valence-corrected chi connectivity index (χ0v) is 17.7. The van der Waals surface area contributed by atoms with Gasteiger partial charge in [-0.25, -0.2) is 0 Å². The van der Waals surface area contributed by atoms with Crippen LogP contribution in [0.5, 0.6) is 5.75 Å². The molecule has 1 amide bonds. The second kappa shape index (κ2) is 8.19. The number of fused-ring (bicyclic) bond motifs is 1. The number of thiazole rings is 1. The monoisotopic (exact) mass is 398 g/mol. The van der Waals surface area contributed by atoms with Gasteiger partial charge in [0, 0.05) is 11.7 Å². The molecule has 0 aliphatic heterocycles. The number of carbonyl (C=O) groups excluding carboxylic acids is 1. The Balaban J connectivity index is 1.79. The van der Waals surface area contributed by atoms with Crippen molar-refractivity contribution in [3.05, 3.63) is 57.2 Å². The minimum Gasteiger partial charge on any atom is -0.481 e. The highest BCUT2D eigenvalue weighted by atomic mass is 32.1. The van der Waals surface area contributed by atoms with Crippen molar-refractivity contribution in [2.45, 2.75) is 53.2 Å². The van der Waals surface area contributed by atoms with E-state index in [4.69, 9.17) is 4.74 Å². The van der Waals surface area contributed by atoms with Crippen molar-refractivity contribution < 1.29 is 9.53 Å². The summed E-state index contributed by atoms with van der Waals surface area (Å²) in [5.41, 5.74) is 3.75. The lowest BCUT2D eigenvalue weighted by molar-refractivity contribution is -0.122. The number of hydrogen-bond acceptors (Lipinski definition) is 4. The molecule has 2 aromatic carbocycles. The summed E-state index contributed by atoms with van der Waals surface area (Å²) in [4.78, 5) is 24.9. The predicted molar refractivity (Wildman–Crippen MR) is 116 cm³/mol. The molecule has 0 fully saturated rings. The first-order valence-corrected chi connectivity index (χ1v) is 10.3. The van der Waals surface area contributed by atoms with Gasteiger partial charge in [-0.2, -0.15) is 0 Å². The van der Waals surface area contributed by atoms with Crippen LogP contribution >= 0.6 is 11.3 Å². The van der Waals surface area contributed by atoms with Crippen LogP contribution in [0.4, 0.5) is 5.69 Å². The van der Waals surface area contributed by atoms with Crippen LogP contribution in [0.1, 0.15) is 44.4 Å². The van der Waals surface area contributed by atoms with Gasteiger partial charge in [-0.05, 0) is 75.6 Å². The van der Waals surface area contributed by atoms with Gasteiger partial charge in [0.1, 0.15) is 5.75 Å². The topological polar surface area (TPSA) is 60.3 Å². The Kier molecular flexibility index (Phi) is 5.89. The summed E-state index contributed by atoms with van der Waals surface area (Å²) in [5, 5.41) is 2.92. The number of amides is 1. The molecule has 1 N–H and O–H groups in total. The number of nitrogens with one attached hydrogen (secondary N) is 1. The minimum absolute atomic E-state index is 0.0121. The fourth-order valence-corrected chi connectivity index (χ4v) is 4.37. The molecule has 148 valence electrons. The molecule has 3 aromatic rings. The zero-order valence-electron chi connectivity index (χ0n) is 16.9. The molecule has 0 bridgehead atoms. The van der Waals surface area contributed by atoms with Gasteiger partial charge in [-0.3, -0.25) is 14.2 Å².